The van der Waals surface area contributed by atoms with E-state index < -0.39 is 23.4 Å². The normalized spacial score (nSPS) is 13.6. The molecule has 140 valence electrons. The number of benzene rings is 2. The van der Waals surface area contributed by atoms with Crippen LogP contribution in [0.3, 0.4) is 0 Å². The van der Waals surface area contributed by atoms with Crippen molar-refractivity contribution in [3.63, 3.8) is 0 Å². The fraction of sp³-hybridized carbons (Fsp3) is 0.211. The van der Waals surface area contributed by atoms with Crippen molar-refractivity contribution in [2.75, 3.05) is 23.3 Å². The third kappa shape index (κ3) is 4.46. The third-order valence-electron chi connectivity index (χ3n) is 4.13. The Hall–Kier alpha value is -3.29. The van der Waals surface area contributed by atoms with E-state index in [1.165, 1.54) is 0 Å². The molecule has 1 fully saturated rings. The van der Waals surface area contributed by atoms with Gasteiger partial charge in [0.15, 0.2) is 0 Å². The molecule has 0 radical (unpaired) electrons. The number of hydrogen-bond acceptors (Lipinski definition) is 3. The maximum absolute atomic E-state index is 13.5. The third-order valence-corrected chi connectivity index (χ3v) is 4.13. The highest BCUT2D eigenvalue weighted by atomic mass is 19.1. The number of rotatable bonds is 5. The minimum Gasteiger partial charge on any atom is -0.343 e. The Bertz CT molecular complexity index is 884. The zero-order valence-corrected chi connectivity index (χ0v) is 14.3. The van der Waals surface area contributed by atoms with Crippen molar-refractivity contribution in [2.24, 2.45) is 0 Å². The maximum atomic E-state index is 13.5. The van der Waals surface area contributed by atoms with Crippen molar-refractivity contribution < 1.29 is 23.2 Å². The van der Waals surface area contributed by atoms with Gasteiger partial charge in [0, 0.05) is 30.3 Å². The van der Waals surface area contributed by atoms with Crippen LogP contribution in [0.5, 0.6) is 0 Å². The zero-order chi connectivity index (χ0) is 19.4. The molecule has 0 aliphatic carbocycles. The molecule has 1 saturated heterocycles. The molecule has 27 heavy (non-hydrogen) atoms. The average Bonchev–Trinajstić information content (AvgIpc) is 3.08. The van der Waals surface area contributed by atoms with Crippen LogP contribution in [0.4, 0.5) is 20.2 Å². The summed E-state index contributed by atoms with van der Waals surface area (Å²) in [5.74, 6) is -2.73. The second-order valence-electron chi connectivity index (χ2n) is 6.05. The molecule has 0 saturated carbocycles. The fourth-order valence-electron chi connectivity index (χ4n) is 2.76. The van der Waals surface area contributed by atoms with E-state index >= 15 is 0 Å². The first-order valence-corrected chi connectivity index (χ1v) is 8.37. The van der Waals surface area contributed by atoms with Crippen LogP contribution in [0.1, 0.15) is 23.2 Å². The van der Waals surface area contributed by atoms with Crippen molar-refractivity contribution in [3.8, 4) is 0 Å². The molecule has 2 aromatic carbocycles. The monoisotopic (exact) mass is 373 g/mol. The quantitative estimate of drug-likeness (QED) is 0.845. The van der Waals surface area contributed by atoms with Gasteiger partial charge in [-0.2, -0.15) is 0 Å². The molecule has 0 bridgehead atoms. The number of carbonyl (C=O) groups is 3. The minimum atomic E-state index is -0.901. The summed E-state index contributed by atoms with van der Waals surface area (Å²) in [6, 6.07) is 9.24. The SMILES string of the molecule is O=C(CNC(=O)c1ccc(N2CCCC2=O)cc1)Nc1ccc(F)cc1F. The van der Waals surface area contributed by atoms with Gasteiger partial charge >= 0.3 is 0 Å². The topological polar surface area (TPSA) is 78.5 Å². The Morgan fingerprint density at radius 2 is 1.81 bits per heavy atom. The average molecular weight is 373 g/mol. The van der Waals surface area contributed by atoms with Crippen LogP contribution in [-0.2, 0) is 9.59 Å². The fourth-order valence-corrected chi connectivity index (χ4v) is 2.76. The summed E-state index contributed by atoms with van der Waals surface area (Å²) in [5.41, 5.74) is 0.875. The van der Waals surface area contributed by atoms with Gasteiger partial charge in [-0.15, -0.1) is 0 Å². The van der Waals surface area contributed by atoms with Gasteiger partial charge in [-0.1, -0.05) is 0 Å². The number of anilines is 2. The van der Waals surface area contributed by atoms with Gasteiger partial charge in [0.2, 0.25) is 11.8 Å². The summed E-state index contributed by atoms with van der Waals surface area (Å²) >= 11 is 0. The van der Waals surface area contributed by atoms with Crippen molar-refractivity contribution in [2.45, 2.75) is 12.8 Å². The smallest absolute Gasteiger partial charge is 0.251 e. The van der Waals surface area contributed by atoms with E-state index in [-0.39, 0.29) is 18.1 Å². The molecule has 3 amide bonds. The van der Waals surface area contributed by atoms with E-state index in [2.05, 4.69) is 10.6 Å². The van der Waals surface area contributed by atoms with Gasteiger partial charge in [-0.25, -0.2) is 8.78 Å². The number of hydrogen-bond donors (Lipinski definition) is 2. The first kappa shape index (κ1) is 18.5. The Labute approximate surface area is 154 Å². The highest BCUT2D eigenvalue weighted by Gasteiger charge is 2.21. The van der Waals surface area contributed by atoms with Gasteiger partial charge in [0.1, 0.15) is 11.6 Å². The molecule has 2 aromatic rings. The summed E-state index contributed by atoms with van der Waals surface area (Å²) in [5, 5.41) is 4.68. The Morgan fingerprint density at radius 3 is 2.44 bits per heavy atom. The van der Waals surface area contributed by atoms with E-state index in [0.29, 0.717) is 24.6 Å². The van der Waals surface area contributed by atoms with Gasteiger partial charge in [-0.05, 0) is 42.8 Å². The lowest BCUT2D eigenvalue weighted by Crippen LogP contribution is -2.33. The first-order chi connectivity index (χ1) is 12.9. The second-order valence-corrected chi connectivity index (χ2v) is 6.05. The highest BCUT2D eigenvalue weighted by molar-refractivity contribution is 6.00. The van der Waals surface area contributed by atoms with Crippen LogP contribution in [0.25, 0.3) is 0 Å². The van der Waals surface area contributed by atoms with E-state index in [0.717, 1.165) is 24.2 Å². The summed E-state index contributed by atoms with van der Waals surface area (Å²) in [6.45, 7) is 0.284. The lowest BCUT2D eigenvalue weighted by molar-refractivity contribution is -0.117. The van der Waals surface area contributed by atoms with Gasteiger partial charge in [-0.3, -0.25) is 14.4 Å². The van der Waals surface area contributed by atoms with Crippen molar-refractivity contribution in [1.82, 2.24) is 5.32 Å². The summed E-state index contributed by atoms with van der Waals surface area (Å²) in [7, 11) is 0. The maximum Gasteiger partial charge on any atom is 0.251 e. The Morgan fingerprint density at radius 1 is 1.07 bits per heavy atom. The van der Waals surface area contributed by atoms with Crippen LogP contribution in [-0.4, -0.2) is 30.8 Å². The van der Waals surface area contributed by atoms with Crippen molar-refractivity contribution in [1.29, 1.82) is 0 Å². The molecular formula is C19H17F2N3O3. The number of amides is 3. The van der Waals surface area contributed by atoms with Crippen molar-refractivity contribution in [3.05, 3.63) is 59.7 Å². The molecule has 6 nitrogen and oxygen atoms in total. The summed E-state index contributed by atoms with van der Waals surface area (Å²) < 4.78 is 26.3. The zero-order valence-electron chi connectivity index (χ0n) is 14.3. The van der Waals surface area contributed by atoms with E-state index in [1.54, 1.807) is 29.2 Å². The lowest BCUT2D eigenvalue weighted by Gasteiger charge is -2.15. The van der Waals surface area contributed by atoms with Gasteiger partial charge < -0.3 is 15.5 Å². The molecule has 1 aliphatic heterocycles. The predicted molar refractivity (Wildman–Crippen MR) is 95.3 cm³/mol. The molecule has 1 aliphatic rings. The van der Waals surface area contributed by atoms with Crippen molar-refractivity contribution >= 4 is 29.1 Å². The molecule has 2 N–H and O–H groups in total. The van der Waals surface area contributed by atoms with Crippen LogP contribution in [0, 0.1) is 11.6 Å². The standard InChI is InChI=1S/C19H17F2N3O3/c20-13-5-8-16(15(21)10-13)23-17(25)11-22-19(27)12-3-6-14(7-4-12)24-9-1-2-18(24)26/h3-8,10H,1-2,9,11H2,(H,22,27)(H,23,25). The van der Waals surface area contributed by atoms with E-state index in [9.17, 15) is 23.2 Å². The Balaban J connectivity index is 1.54. The summed E-state index contributed by atoms with van der Waals surface area (Å²) in [4.78, 5) is 37.3. The van der Waals surface area contributed by atoms with Crippen LogP contribution < -0.4 is 15.5 Å². The Kier molecular flexibility index (Phi) is 5.44. The predicted octanol–water partition coefficient (Wildman–Crippen LogP) is 2.46. The highest BCUT2D eigenvalue weighted by Crippen LogP contribution is 2.21. The molecule has 0 aromatic heterocycles. The van der Waals surface area contributed by atoms with Crippen LogP contribution >= 0.6 is 0 Å². The molecule has 3 rings (SSSR count). The number of carbonyl (C=O) groups excluding carboxylic acids is 3. The molecule has 1 heterocycles. The lowest BCUT2D eigenvalue weighted by atomic mass is 10.2. The largest absolute Gasteiger partial charge is 0.343 e. The van der Waals surface area contributed by atoms with E-state index in [4.69, 9.17) is 0 Å². The summed E-state index contributed by atoms with van der Waals surface area (Å²) in [6.07, 6.45) is 1.33. The number of nitrogens with zero attached hydrogens (tertiary/aromatic N) is 1. The molecular weight excluding hydrogens is 356 g/mol. The molecule has 8 heteroatoms. The van der Waals surface area contributed by atoms with Gasteiger partial charge in [0.25, 0.3) is 5.91 Å². The van der Waals surface area contributed by atoms with E-state index in [1.807, 2.05) is 0 Å². The van der Waals surface area contributed by atoms with Crippen LogP contribution in [0.15, 0.2) is 42.5 Å². The molecule has 0 unspecified atom stereocenters. The number of nitrogens with one attached hydrogen (secondary N) is 2. The second kappa shape index (κ2) is 7.94. The molecule has 0 spiro atoms. The van der Waals surface area contributed by atoms with Crippen LogP contribution in [0.2, 0.25) is 0 Å². The number of halogens is 2. The minimum absolute atomic E-state index is 0.0527. The molecule has 0 atom stereocenters. The van der Waals surface area contributed by atoms with Gasteiger partial charge in [0.05, 0.1) is 12.2 Å². The first-order valence-electron chi connectivity index (χ1n) is 8.37.